The van der Waals surface area contributed by atoms with Crippen LogP contribution in [0.15, 0.2) is 0 Å². The highest BCUT2D eigenvalue weighted by Gasteiger charge is 2.50. The minimum Gasteiger partial charge on any atom is -0.342 e. The van der Waals surface area contributed by atoms with Crippen LogP contribution in [-0.2, 0) is 4.79 Å². The molecule has 0 aromatic rings. The molecule has 1 amide bonds. The lowest BCUT2D eigenvalue weighted by Gasteiger charge is -2.56. The number of nitrogens with one attached hydrogen (secondary N) is 1. The van der Waals surface area contributed by atoms with Crippen molar-refractivity contribution in [3.8, 4) is 0 Å². The number of amides is 1. The molecule has 0 radical (unpaired) electrons. The molecule has 0 aromatic carbocycles. The molecule has 3 nitrogen and oxygen atoms in total. The fourth-order valence-electron chi connectivity index (χ4n) is 5.80. The van der Waals surface area contributed by atoms with Gasteiger partial charge in [0, 0.05) is 43.6 Å². The van der Waals surface area contributed by atoms with E-state index in [0.29, 0.717) is 24.4 Å². The van der Waals surface area contributed by atoms with Gasteiger partial charge in [-0.2, -0.15) is 11.8 Å². The van der Waals surface area contributed by atoms with Gasteiger partial charge < -0.3 is 10.2 Å². The summed E-state index contributed by atoms with van der Waals surface area (Å²) in [5.74, 6) is 6.27. The van der Waals surface area contributed by atoms with Crippen molar-refractivity contribution in [3.05, 3.63) is 0 Å². The average molecular weight is 308 g/mol. The second-order valence-corrected chi connectivity index (χ2v) is 9.01. The standard InChI is InChI=1S/C17H28N2OS/c1-19(16(20)9-15-10-21-3-2-18-15)17-13-5-11-4-12(7-13)8-14(17)6-11/h11-15,17-18H,2-10H2,1H3. The van der Waals surface area contributed by atoms with E-state index < -0.39 is 0 Å². The first-order chi connectivity index (χ1) is 10.2. The number of hydrogen-bond donors (Lipinski definition) is 1. The number of carbonyl (C=O) groups excluding carboxylic acids is 1. The van der Waals surface area contributed by atoms with E-state index in [9.17, 15) is 4.79 Å². The highest BCUT2D eigenvalue weighted by molar-refractivity contribution is 7.99. The number of nitrogens with zero attached hydrogens (tertiary/aromatic N) is 1. The second kappa shape index (κ2) is 5.77. The molecule has 5 rings (SSSR count). The minimum atomic E-state index is 0.382. The van der Waals surface area contributed by atoms with Crippen molar-refractivity contribution in [2.24, 2.45) is 23.7 Å². The molecule has 1 heterocycles. The topological polar surface area (TPSA) is 32.3 Å². The first kappa shape index (κ1) is 14.4. The summed E-state index contributed by atoms with van der Waals surface area (Å²) in [4.78, 5) is 14.9. The Kier molecular flexibility index (Phi) is 3.95. The zero-order valence-corrected chi connectivity index (χ0v) is 13.9. The monoisotopic (exact) mass is 308 g/mol. The van der Waals surface area contributed by atoms with Gasteiger partial charge in [-0.15, -0.1) is 0 Å². The van der Waals surface area contributed by atoms with Crippen molar-refractivity contribution in [3.63, 3.8) is 0 Å². The van der Waals surface area contributed by atoms with Gasteiger partial charge in [0.15, 0.2) is 0 Å². The SMILES string of the molecule is CN(C(=O)CC1CSCCN1)C1C2CC3CC(C2)CC1C3. The largest absolute Gasteiger partial charge is 0.342 e. The summed E-state index contributed by atoms with van der Waals surface area (Å²) in [7, 11) is 2.09. The van der Waals surface area contributed by atoms with Crippen molar-refractivity contribution >= 4 is 17.7 Å². The van der Waals surface area contributed by atoms with Gasteiger partial charge in [-0.3, -0.25) is 4.79 Å². The van der Waals surface area contributed by atoms with Crippen LogP contribution in [0.25, 0.3) is 0 Å². The Balaban J connectivity index is 1.39. The summed E-state index contributed by atoms with van der Waals surface area (Å²) >= 11 is 1.98. The second-order valence-electron chi connectivity index (χ2n) is 7.86. The Morgan fingerprint density at radius 2 is 1.81 bits per heavy atom. The predicted octanol–water partition coefficient (Wildman–Crippen LogP) is 2.36. The van der Waals surface area contributed by atoms with Gasteiger partial charge >= 0.3 is 0 Å². The molecule has 4 aliphatic carbocycles. The van der Waals surface area contributed by atoms with Crippen LogP contribution in [0, 0.1) is 23.7 Å². The number of hydrogen-bond acceptors (Lipinski definition) is 3. The van der Waals surface area contributed by atoms with E-state index in [1.54, 1.807) is 0 Å². The van der Waals surface area contributed by atoms with Crippen LogP contribution < -0.4 is 5.32 Å². The Morgan fingerprint density at radius 1 is 1.14 bits per heavy atom. The van der Waals surface area contributed by atoms with Crippen LogP contribution >= 0.6 is 11.8 Å². The lowest BCUT2D eigenvalue weighted by molar-refractivity contribution is -0.141. The maximum Gasteiger partial charge on any atom is 0.224 e. The third kappa shape index (κ3) is 2.74. The van der Waals surface area contributed by atoms with Crippen molar-refractivity contribution in [2.45, 2.75) is 50.6 Å². The average Bonchev–Trinajstić information content (AvgIpc) is 2.47. The summed E-state index contributed by atoms with van der Waals surface area (Å²) in [5.41, 5.74) is 0. The van der Waals surface area contributed by atoms with Gasteiger partial charge in [0.05, 0.1) is 0 Å². The predicted molar refractivity (Wildman–Crippen MR) is 87.3 cm³/mol. The summed E-state index contributed by atoms with van der Waals surface area (Å²) in [6.07, 6.45) is 7.77. The molecule has 1 saturated heterocycles. The van der Waals surface area contributed by atoms with E-state index in [-0.39, 0.29) is 0 Å². The zero-order chi connectivity index (χ0) is 14.4. The molecular formula is C17H28N2OS. The van der Waals surface area contributed by atoms with E-state index in [1.807, 2.05) is 11.8 Å². The molecule has 5 fully saturated rings. The van der Waals surface area contributed by atoms with E-state index in [1.165, 1.54) is 37.9 Å². The van der Waals surface area contributed by atoms with Crippen LogP contribution in [0.4, 0.5) is 0 Å². The van der Waals surface area contributed by atoms with Gasteiger partial charge in [0.2, 0.25) is 5.91 Å². The van der Waals surface area contributed by atoms with E-state index in [4.69, 9.17) is 0 Å². The van der Waals surface area contributed by atoms with Gasteiger partial charge in [-0.1, -0.05) is 0 Å². The fourth-order valence-corrected chi connectivity index (χ4v) is 6.75. The zero-order valence-electron chi connectivity index (χ0n) is 13.1. The molecule has 0 aromatic heterocycles. The van der Waals surface area contributed by atoms with E-state index >= 15 is 0 Å². The van der Waals surface area contributed by atoms with Gasteiger partial charge in [0.25, 0.3) is 0 Å². The van der Waals surface area contributed by atoms with Crippen molar-refractivity contribution in [1.29, 1.82) is 0 Å². The van der Waals surface area contributed by atoms with E-state index in [0.717, 1.165) is 36.0 Å². The van der Waals surface area contributed by atoms with Gasteiger partial charge in [0.1, 0.15) is 0 Å². The molecule has 21 heavy (non-hydrogen) atoms. The Hall–Kier alpha value is -0.220. The van der Waals surface area contributed by atoms with Crippen LogP contribution in [0.1, 0.15) is 38.5 Å². The number of carbonyl (C=O) groups is 1. The summed E-state index contributed by atoms with van der Waals surface area (Å²) in [6, 6.07) is 0.956. The number of rotatable bonds is 3. The van der Waals surface area contributed by atoms with Crippen LogP contribution in [-0.4, -0.2) is 48.0 Å². The fraction of sp³-hybridized carbons (Fsp3) is 0.941. The minimum absolute atomic E-state index is 0.382. The lowest BCUT2D eigenvalue weighted by Crippen LogP contribution is -2.57. The maximum atomic E-state index is 12.7. The summed E-state index contributed by atoms with van der Waals surface area (Å²) < 4.78 is 0. The van der Waals surface area contributed by atoms with Crippen molar-refractivity contribution in [2.75, 3.05) is 25.1 Å². The molecule has 1 aliphatic heterocycles. The van der Waals surface area contributed by atoms with Crippen LogP contribution in [0.3, 0.4) is 0 Å². The molecule has 0 spiro atoms. The third-order valence-electron chi connectivity index (χ3n) is 6.44. The molecule has 118 valence electrons. The quantitative estimate of drug-likeness (QED) is 0.869. The van der Waals surface area contributed by atoms with Crippen molar-refractivity contribution < 1.29 is 4.79 Å². The molecule has 4 saturated carbocycles. The maximum absolute atomic E-state index is 12.7. The molecule has 1 unspecified atom stereocenters. The van der Waals surface area contributed by atoms with Crippen molar-refractivity contribution in [1.82, 2.24) is 10.2 Å². The molecule has 4 heteroatoms. The lowest BCUT2D eigenvalue weighted by atomic mass is 9.54. The highest BCUT2D eigenvalue weighted by atomic mass is 32.2. The van der Waals surface area contributed by atoms with Crippen LogP contribution in [0.5, 0.6) is 0 Å². The number of thioether (sulfide) groups is 1. The Labute approximate surface area is 132 Å². The smallest absolute Gasteiger partial charge is 0.224 e. The molecule has 1 atom stereocenters. The Bertz CT molecular complexity index is 380. The summed E-state index contributed by atoms with van der Waals surface area (Å²) in [5, 5.41) is 3.50. The third-order valence-corrected chi connectivity index (χ3v) is 7.57. The molecule has 4 bridgehead atoms. The molecule has 5 aliphatic rings. The molecule has 1 N–H and O–H groups in total. The first-order valence-corrected chi connectivity index (χ1v) is 9.93. The van der Waals surface area contributed by atoms with E-state index in [2.05, 4.69) is 17.3 Å². The first-order valence-electron chi connectivity index (χ1n) is 8.77. The Morgan fingerprint density at radius 3 is 2.38 bits per heavy atom. The van der Waals surface area contributed by atoms with Gasteiger partial charge in [-0.25, -0.2) is 0 Å². The highest BCUT2D eigenvalue weighted by Crippen LogP contribution is 2.55. The normalized spacial score (nSPS) is 44.8. The van der Waals surface area contributed by atoms with Gasteiger partial charge in [-0.05, 0) is 55.8 Å². The molecular weight excluding hydrogens is 280 g/mol. The van der Waals surface area contributed by atoms with Crippen LogP contribution in [0.2, 0.25) is 0 Å². The summed E-state index contributed by atoms with van der Waals surface area (Å²) in [6.45, 7) is 1.06.